The SMILES string of the molecule is O=c1[nH]c(-c2cc([N+](=O)[O-])ccc2OC2=CCC(F)(F)C=C2)no1. The van der Waals surface area contributed by atoms with Crippen molar-refractivity contribution < 1.29 is 23.0 Å². The summed E-state index contributed by atoms with van der Waals surface area (Å²) in [4.78, 5) is 23.6. The summed E-state index contributed by atoms with van der Waals surface area (Å²) in [6.45, 7) is 0. The van der Waals surface area contributed by atoms with Gasteiger partial charge in [-0.25, -0.2) is 13.6 Å². The second kappa shape index (κ2) is 5.72. The zero-order chi connectivity index (χ0) is 17.3. The van der Waals surface area contributed by atoms with Crippen LogP contribution in [0.5, 0.6) is 5.75 Å². The van der Waals surface area contributed by atoms with E-state index in [1.807, 2.05) is 0 Å². The van der Waals surface area contributed by atoms with Crippen molar-refractivity contribution in [3.05, 3.63) is 62.9 Å². The Hall–Kier alpha value is -3.30. The van der Waals surface area contributed by atoms with Crippen LogP contribution < -0.4 is 10.5 Å². The predicted molar refractivity (Wildman–Crippen MR) is 76.6 cm³/mol. The number of ether oxygens (including phenoxy) is 1. The van der Waals surface area contributed by atoms with Gasteiger partial charge < -0.3 is 4.74 Å². The third kappa shape index (κ3) is 3.21. The van der Waals surface area contributed by atoms with Crippen molar-refractivity contribution in [3.63, 3.8) is 0 Å². The smallest absolute Gasteiger partial charge is 0.439 e. The summed E-state index contributed by atoms with van der Waals surface area (Å²) in [5, 5.41) is 14.4. The molecule has 1 aromatic carbocycles. The molecule has 0 spiro atoms. The molecule has 0 saturated carbocycles. The van der Waals surface area contributed by atoms with Crippen LogP contribution in [0.4, 0.5) is 14.5 Å². The van der Waals surface area contributed by atoms with Gasteiger partial charge in [0, 0.05) is 18.6 Å². The fourth-order valence-electron chi connectivity index (χ4n) is 2.03. The average molecular weight is 337 g/mol. The Morgan fingerprint density at radius 1 is 1.42 bits per heavy atom. The lowest BCUT2D eigenvalue weighted by molar-refractivity contribution is -0.384. The van der Waals surface area contributed by atoms with Crippen LogP contribution in [0.25, 0.3) is 11.4 Å². The second-order valence-corrected chi connectivity index (χ2v) is 4.89. The summed E-state index contributed by atoms with van der Waals surface area (Å²) in [6, 6.07) is 3.59. The lowest BCUT2D eigenvalue weighted by Gasteiger charge is -2.16. The quantitative estimate of drug-likeness (QED) is 0.678. The van der Waals surface area contributed by atoms with Gasteiger partial charge in [-0.05, 0) is 24.3 Å². The fraction of sp³-hybridized carbons (Fsp3) is 0.143. The van der Waals surface area contributed by atoms with Crippen LogP contribution in [-0.4, -0.2) is 21.0 Å². The van der Waals surface area contributed by atoms with Crippen LogP contribution in [0.3, 0.4) is 0 Å². The number of nitrogens with one attached hydrogen (secondary N) is 1. The molecule has 1 aromatic heterocycles. The number of alkyl halides is 2. The van der Waals surface area contributed by atoms with Crippen molar-refractivity contribution in [1.29, 1.82) is 0 Å². The van der Waals surface area contributed by atoms with Gasteiger partial charge in [0.2, 0.25) is 0 Å². The van der Waals surface area contributed by atoms with E-state index in [2.05, 4.69) is 14.7 Å². The highest BCUT2D eigenvalue weighted by Gasteiger charge is 2.27. The number of hydrogen-bond acceptors (Lipinski definition) is 6. The van der Waals surface area contributed by atoms with E-state index in [9.17, 15) is 23.7 Å². The number of halogens is 2. The van der Waals surface area contributed by atoms with Crippen LogP contribution in [0, 0.1) is 10.1 Å². The van der Waals surface area contributed by atoms with E-state index in [1.54, 1.807) is 0 Å². The van der Waals surface area contributed by atoms with Gasteiger partial charge in [-0.1, -0.05) is 5.16 Å². The van der Waals surface area contributed by atoms with E-state index in [0.717, 1.165) is 12.1 Å². The fourth-order valence-corrected chi connectivity index (χ4v) is 2.03. The highest BCUT2D eigenvalue weighted by molar-refractivity contribution is 5.67. The number of nitro groups is 1. The molecule has 10 heteroatoms. The van der Waals surface area contributed by atoms with Crippen molar-refractivity contribution in [1.82, 2.24) is 10.1 Å². The monoisotopic (exact) mass is 337 g/mol. The van der Waals surface area contributed by atoms with Crippen molar-refractivity contribution in [2.45, 2.75) is 12.3 Å². The van der Waals surface area contributed by atoms with Crippen LogP contribution in [0.1, 0.15) is 6.42 Å². The maximum atomic E-state index is 13.1. The van der Waals surface area contributed by atoms with E-state index in [4.69, 9.17) is 4.74 Å². The molecular weight excluding hydrogens is 328 g/mol. The van der Waals surface area contributed by atoms with Crippen LogP contribution in [0.2, 0.25) is 0 Å². The van der Waals surface area contributed by atoms with Crippen LogP contribution in [0.15, 0.2) is 51.5 Å². The minimum Gasteiger partial charge on any atom is -0.457 e. The molecule has 0 amide bonds. The molecular formula is C14H9F2N3O5. The summed E-state index contributed by atoms with van der Waals surface area (Å²) >= 11 is 0. The predicted octanol–water partition coefficient (Wildman–Crippen LogP) is 2.80. The van der Waals surface area contributed by atoms with Gasteiger partial charge in [0.05, 0.1) is 10.5 Å². The molecule has 0 radical (unpaired) electrons. The molecule has 0 atom stereocenters. The Labute approximate surface area is 132 Å². The molecule has 0 aliphatic heterocycles. The average Bonchev–Trinajstić information content (AvgIpc) is 2.96. The van der Waals surface area contributed by atoms with E-state index in [-0.39, 0.29) is 28.6 Å². The lowest BCUT2D eigenvalue weighted by atomic mass is 10.1. The molecule has 1 heterocycles. The first-order valence-corrected chi connectivity index (χ1v) is 6.64. The van der Waals surface area contributed by atoms with E-state index in [1.165, 1.54) is 18.2 Å². The summed E-state index contributed by atoms with van der Waals surface area (Å²) in [6.07, 6.45) is 2.46. The molecule has 0 bridgehead atoms. The normalized spacial score (nSPS) is 15.8. The highest BCUT2D eigenvalue weighted by Crippen LogP contribution is 2.34. The van der Waals surface area contributed by atoms with Gasteiger partial charge in [0.1, 0.15) is 11.5 Å². The number of aromatic amines is 1. The molecule has 8 nitrogen and oxygen atoms in total. The van der Waals surface area contributed by atoms with Gasteiger partial charge in [-0.15, -0.1) is 0 Å². The number of nitro benzene ring substituents is 1. The Kier molecular flexibility index (Phi) is 3.72. The minimum absolute atomic E-state index is 0.0792. The second-order valence-electron chi connectivity index (χ2n) is 4.89. The number of rotatable bonds is 4. The standard InChI is InChI=1S/C14H9F2N3O5/c15-14(16)5-3-9(4-6-14)23-11-2-1-8(19(21)22)7-10(11)12-17-13(20)24-18-12/h1-5,7H,6H2,(H,17,18,20). The van der Waals surface area contributed by atoms with Crippen LogP contribution >= 0.6 is 0 Å². The molecule has 24 heavy (non-hydrogen) atoms. The van der Waals surface area contributed by atoms with Gasteiger partial charge in [0.15, 0.2) is 5.82 Å². The highest BCUT2D eigenvalue weighted by atomic mass is 19.3. The van der Waals surface area contributed by atoms with Crippen molar-refractivity contribution in [2.24, 2.45) is 0 Å². The van der Waals surface area contributed by atoms with Crippen molar-refractivity contribution in [2.75, 3.05) is 0 Å². The minimum atomic E-state index is -2.94. The number of aromatic nitrogens is 2. The number of non-ortho nitro benzene ring substituents is 1. The molecule has 0 unspecified atom stereocenters. The largest absolute Gasteiger partial charge is 0.457 e. The molecule has 0 saturated heterocycles. The number of allylic oxidation sites excluding steroid dienone is 3. The van der Waals surface area contributed by atoms with Crippen molar-refractivity contribution in [3.8, 4) is 17.1 Å². The van der Waals surface area contributed by atoms with Crippen LogP contribution in [-0.2, 0) is 0 Å². The topological polar surface area (TPSA) is 111 Å². The maximum Gasteiger partial charge on any atom is 0.439 e. The van der Waals surface area contributed by atoms with E-state index >= 15 is 0 Å². The summed E-state index contributed by atoms with van der Waals surface area (Å²) < 4.78 is 36.0. The molecule has 2 aromatic rings. The van der Waals surface area contributed by atoms with Crippen molar-refractivity contribution >= 4 is 5.69 Å². The van der Waals surface area contributed by atoms with E-state index < -0.39 is 23.0 Å². The molecule has 124 valence electrons. The lowest BCUT2D eigenvalue weighted by Crippen LogP contribution is -2.14. The Morgan fingerprint density at radius 3 is 2.79 bits per heavy atom. The summed E-state index contributed by atoms with van der Waals surface area (Å²) in [5.41, 5.74) is -0.178. The van der Waals surface area contributed by atoms with Gasteiger partial charge in [0.25, 0.3) is 11.6 Å². The number of H-pyrrole nitrogens is 1. The maximum absolute atomic E-state index is 13.1. The van der Waals surface area contributed by atoms with Gasteiger partial charge in [-0.3, -0.25) is 19.6 Å². The van der Waals surface area contributed by atoms with Gasteiger partial charge in [-0.2, -0.15) is 0 Å². The molecule has 0 fully saturated rings. The number of benzene rings is 1. The number of hydrogen-bond donors (Lipinski definition) is 1. The Bertz CT molecular complexity index is 913. The third-order valence-corrected chi connectivity index (χ3v) is 3.16. The number of nitrogens with zero attached hydrogens (tertiary/aromatic N) is 2. The summed E-state index contributed by atoms with van der Waals surface area (Å²) in [7, 11) is 0. The first-order valence-electron chi connectivity index (χ1n) is 6.64. The molecule has 3 rings (SSSR count). The first kappa shape index (κ1) is 15.6. The zero-order valence-corrected chi connectivity index (χ0v) is 11.9. The van der Waals surface area contributed by atoms with E-state index in [0.29, 0.717) is 6.08 Å². The third-order valence-electron chi connectivity index (χ3n) is 3.16. The molecule has 1 N–H and O–H groups in total. The van der Waals surface area contributed by atoms with Gasteiger partial charge >= 0.3 is 5.76 Å². The Morgan fingerprint density at radius 2 is 2.21 bits per heavy atom. The first-order chi connectivity index (χ1) is 11.3. The Balaban J connectivity index is 1.98. The molecule has 1 aliphatic carbocycles. The molecule has 1 aliphatic rings. The zero-order valence-electron chi connectivity index (χ0n) is 11.9. The summed E-state index contributed by atoms with van der Waals surface area (Å²) in [5.74, 6) is -3.64.